The summed E-state index contributed by atoms with van der Waals surface area (Å²) in [5, 5.41) is 0. The predicted octanol–water partition coefficient (Wildman–Crippen LogP) is 2.05. The highest BCUT2D eigenvalue weighted by atomic mass is 32.2. The molecule has 5 heteroatoms. The summed E-state index contributed by atoms with van der Waals surface area (Å²) >= 11 is 0. The van der Waals surface area contributed by atoms with Gasteiger partial charge in [0.1, 0.15) is 0 Å². The summed E-state index contributed by atoms with van der Waals surface area (Å²) in [6.45, 7) is 2.03. The van der Waals surface area contributed by atoms with E-state index in [0.29, 0.717) is 12.0 Å². The van der Waals surface area contributed by atoms with Crippen molar-refractivity contribution in [3.05, 3.63) is 29.8 Å². The Kier molecular flexibility index (Phi) is 4.40. The van der Waals surface area contributed by atoms with Gasteiger partial charge in [0.15, 0.2) is 0 Å². The quantitative estimate of drug-likeness (QED) is 0.583. The molecule has 0 saturated heterocycles. The van der Waals surface area contributed by atoms with Crippen LogP contribution in [0.25, 0.3) is 0 Å². The molecule has 0 fully saturated rings. The molecule has 16 heavy (non-hydrogen) atoms. The van der Waals surface area contributed by atoms with E-state index in [1.165, 1.54) is 6.07 Å². The Balaban J connectivity index is 3.18. The molecule has 0 aliphatic rings. The van der Waals surface area contributed by atoms with Gasteiger partial charge in [0.25, 0.3) is 16.1 Å². The molecule has 0 unspecified atom stereocenters. The molecule has 0 saturated carbocycles. The minimum absolute atomic E-state index is 0.104. The molecule has 0 spiro atoms. The third-order valence-electron chi connectivity index (χ3n) is 2.21. The number of hydrogen-bond acceptors (Lipinski definition) is 3. The van der Waals surface area contributed by atoms with Gasteiger partial charge in [-0.25, -0.2) is 4.79 Å². The van der Waals surface area contributed by atoms with Gasteiger partial charge in [-0.3, -0.25) is 0 Å². The van der Waals surface area contributed by atoms with E-state index in [2.05, 4.69) is 4.40 Å². The standard InChI is InChI=1S/C11H13NO3S/c1-2-3-6-10-7-4-5-8-11(10)16(14,15)12-9-13/h4-5,7-8H,2-3,6H2,1H3. The number of unbranched alkanes of at least 4 members (excludes halogenated alkanes) is 1. The average molecular weight is 239 g/mol. The molecule has 0 N–H and O–H groups in total. The van der Waals surface area contributed by atoms with E-state index < -0.39 is 10.0 Å². The maximum atomic E-state index is 11.6. The lowest BCUT2D eigenvalue weighted by molar-refractivity contribution is 0.563. The summed E-state index contributed by atoms with van der Waals surface area (Å²) < 4.78 is 26.0. The SMILES string of the molecule is CCCCc1ccccc1S(=O)(=O)N=C=O. The van der Waals surface area contributed by atoms with Gasteiger partial charge in [0.05, 0.1) is 4.90 Å². The van der Waals surface area contributed by atoms with E-state index in [4.69, 9.17) is 0 Å². The molecule has 0 amide bonds. The Labute approximate surface area is 95.1 Å². The Morgan fingerprint density at radius 1 is 1.31 bits per heavy atom. The van der Waals surface area contributed by atoms with Crippen molar-refractivity contribution in [2.75, 3.05) is 0 Å². The van der Waals surface area contributed by atoms with Crippen LogP contribution in [0.15, 0.2) is 33.6 Å². The van der Waals surface area contributed by atoms with Crippen LogP contribution >= 0.6 is 0 Å². The van der Waals surface area contributed by atoms with E-state index >= 15 is 0 Å². The van der Waals surface area contributed by atoms with Crippen LogP contribution in [0.5, 0.6) is 0 Å². The van der Waals surface area contributed by atoms with Gasteiger partial charge >= 0.3 is 0 Å². The highest BCUT2D eigenvalue weighted by Crippen LogP contribution is 2.19. The summed E-state index contributed by atoms with van der Waals surface area (Å²) in [7, 11) is -3.87. The van der Waals surface area contributed by atoms with Crippen molar-refractivity contribution in [1.82, 2.24) is 0 Å². The average Bonchev–Trinajstić information content (AvgIpc) is 2.26. The van der Waals surface area contributed by atoms with Crippen LogP contribution in [0.2, 0.25) is 0 Å². The Morgan fingerprint density at radius 3 is 2.62 bits per heavy atom. The van der Waals surface area contributed by atoms with Crippen LogP contribution in [0.4, 0.5) is 0 Å². The van der Waals surface area contributed by atoms with Gasteiger partial charge < -0.3 is 0 Å². The zero-order valence-corrected chi connectivity index (χ0v) is 9.83. The molecule has 0 aliphatic heterocycles. The van der Waals surface area contributed by atoms with Crippen LogP contribution in [0.3, 0.4) is 0 Å². The maximum absolute atomic E-state index is 11.6. The van der Waals surface area contributed by atoms with E-state index in [-0.39, 0.29) is 4.90 Å². The Hall–Kier alpha value is -1.45. The lowest BCUT2D eigenvalue weighted by Crippen LogP contribution is -2.01. The molecule has 1 aromatic carbocycles. The number of aryl methyl sites for hydroxylation is 1. The largest absolute Gasteiger partial charge is 0.292 e. The highest BCUT2D eigenvalue weighted by Gasteiger charge is 2.16. The second kappa shape index (κ2) is 5.58. The summed E-state index contributed by atoms with van der Waals surface area (Å²) in [5.41, 5.74) is 0.698. The zero-order chi connectivity index (χ0) is 12.0. The number of rotatable bonds is 5. The summed E-state index contributed by atoms with van der Waals surface area (Å²) in [6.07, 6.45) is 3.62. The van der Waals surface area contributed by atoms with Crippen molar-refractivity contribution in [1.29, 1.82) is 0 Å². The first-order valence-electron chi connectivity index (χ1n) is 5.04. The van der Waals surface area contributed by atoms with E-state index in [0.717, 1.165) is 18.9 Å². The van der Waals surface area contributed by atoms with E-state index in [9.17, 15) is 13.2 Å². The molecule has 0 radical (unpaired) electrons. The smallest absolute Gasteiger partial charge is 0.210 e. The predicted molar refractivity (Wildman–Crippen MR) is 60.4 cm³/mol. The van der Waals surface area contributed by atoms with Crippen molar-refractivity contribution >= 4 is 16.1 Å². The molecule has 1 aromatic rings. The van der Waals surface area contributed by atoms with Crippen molar-refractivity contribution < 1.29 is 13.2 Å². The highest BCUT2D eigenvalue weighted by molar-refractivity contribution is 7.90. The minimum Gasteiger partial charge on any atom is -0.210 e. The van der Waals surface area contributed by atoms with Crippen molar-refractivity contribution in [2.45, 2.75) is 31.1 Å². The maximum Gasteiger partial charge on any atom is 0.292 e. The second-order valence-electron chi connectivity index (χ2n) is 3.37. The summed E-state index contributed by atoms with van der Waals surface area (Å²) in [5.74, 6) is 0. The molecule has 4 nitrogen and oxygen atoms in total. The molecule has 0 atom stereocenters. The first-order valence-corrected chi connectivity index (χ1v) is 6.48. The lowest BCUT2D eigenvalue weighted by Gasteiger charge is -2.05. The number of nitrogens with zero attached hydrogens (tertiary/aromatic N) is 1. The summed E-state index contributed by atoms with van der Waals surface area (Å²) in [4.78, 5) is 10.2. The third-order valence-corrected chi connectivity index (χ3v) is 3.48. The molecular weight excluding hydrogens is 226 g/mol. The minimum atomic E-state index is -3.87. The van der Waals surface area contributed by atoms with Gasteiger partial charge in [0, 0.05) is 0 Å². The van der Waals surface area contributed by atoms with E-state index in [1.807, 2.05) is 6.92 Å². The number of sulfonamides is 1. The molecule has 0 aliphatic carbocycles. The number of benzene rings is 1. The Morgan fingerprint density at radius 2 is 2.00 bits per heavy atom. The third kappa shape index (κ3) is 3.02. The number of hydrogen-bond donors (Lipinski definition) is 0. The van der Waals surface area contributed by atoms with Crippen LogP contribution in [-0.2, 0) is 21.2 Å². The van der Waals surface area contributed by atoms with Crippen molar-refractivity contribution in [3.63, 3.8) is 0 Å². The number of carbonyl (C=O) groups excluding carboxylic acids is 1. The first kappa shape index (κ1) is 12.6. The summed E-state index contributed by atoms with van der Waals surface area (Å²) in [6, 6.07) is 6.58. The molecule has 0 aromatic heterocycles. The van der Waals surface area contributed by atoms with Crippen molar-refractivity contribution in [3.8, 4) is 0 Å². The van der Waals surface area contributed by atoms with Crippen LogP contribution in [0, 0.1) is 0 Å². The first-order chi connectivity index (χ1) is 7.61. The van der Waals surface area contributed by atoms with Crippen LogP contribution in [-0.4, -0.2) is 14.5 Å². The normalized spacial score (nSPS) is 10.8. The van der Waals surface area contributed by atoms with Gasteiger partial charge in [0.2, 0.25) is 0 Å². The second-order valence-corrected chi connectivity index (χ2v) is 4.94. The van der Waals surface area contributed by atoms with Crippen LogP contribution in [0.1, 0.15) is 25.3 Å². The number of isocyanates is 1. The topological polar surface area (TPSA) is 63.6 Å². The molecule has 0 bridgehead atoms. The van der Waals surface area contributed by atoms with Crippen molar-refractivity contribution in [2.24, 2.45) is 4.40 Å². The Bertz CT molecular complexity index is 502. The van der Waals surface area contributed by atoms with Gasteiger partial charge in [-0.2, -0.15) is 8.42 Å². The molecule has 0 heterocycles. The van der Waals surface area contributed by atoms with Gasteiger partial charge in [-0.1, -0.05) is 35.9 Å². The van der Waals surface area contributed by atoms with Gasteiger partial charge in [-0.05, 0) is 24.5 Å². The molecule has 1 rings (SSSR count). The molecular formula is C11H13NO3S. The fourth-order valence-corrected chi connectivity index (χ4v) is 2.38. The van der Waals surface area contributed by atoms with Gasteiger partial charge in [-0.15, -0.1) is 0 Å². The van der Waals surface area contributed by atoms with Crippen LogP contribution < -0.4 is 0 Å². The van der Waals surface area contributed by atoms with E-state index in [1.54, 1.807) is 18.2 Å². The fraction of sp³-hybridized carbons (Fsp3) is 0.364. The molecule has 86 valence electrons. The zero-order valence-electron chi connectivity index (χ0n) is 9.01. The fourth-order valence-electron chi connectivity index (χ4n) is 1.43. The lowest BCUT2D eigenvalue weighted by atomic mass is 10.1. The monoisotopic (exact) mass is 239 g/mol.